The van der Waals surface area contributed by atoms with Gasteiger partial charge in [-0.15, -0.1) is 0 Å². The Labute approximate surface area is 111 Å². The number of carbonyl (C=O) groups excluding carboxylic acids is 1. The largest absolute Gasteiger partial charge is 0.477 e. The quantitative estimate of drug-likeness (QED) is 0.879. The fraction of sp³-hybridized carbons (Fsp3) is 0.500. The number of hydrogen-bond donors (Lipinski definition) is 1. The van der Waals surface area contributed by atoms with E-state index in [9.17, 15) is 9.59 Å². The van der Waals surface area contributed by atoms with Crippen LogP contribution < -0.4 is 4.90 Å². The smallest absolute Gasteiger partial charge is 0.416 e. The maximum absolute atomic E-state index is 11.8. The molecule has 0 aromatic carbocycles. The highest BCUT2D eigenvalue weighted by Gasteiger charge is 2.23. The Morgan fingerprint density at radius 3 is 2.37 bits per heavy atom. The SMILES string of the molecule is Cc1cc(C(=O)O)nc(N(C)C(=O)OC(C)(C)C)n1. The lowest BCUT2D eigenvalue weighted by molar-refractivity contribution is 0.0584. The second-order valence-corrected chi connectivity index (χ2v) is 5.04. The Kier molecular flexibility index (Phi) is 4.08. The summed E-state index contributed by atoms with van der Waals surface area (Å²) in [4.78, 5) is 31.6. The van der Waals surface area contributed by atoms with E-state index >= 15 is 0 Å². The molecule has 0 fully saturated rings. The van der Waals surface area contributed by atoms with Crippen molar-refractivity contribution >= 4 is 18.0 Å². The standard InChI is InChI=1S/C12H17N3O4/c1-7-6-8(9(16)17)14-10(13-7)15(5)11(18)19-12(2,3)4/h6H,1-5H3,(H,16,17). The molecule has 0 aliphatic carbocycles. The molecule has 1 N–H and O–H groups in total. The molecule has 0 aliphatic rings. The first-order valence-electron chi connectivity index (χ1n) is 5.66. The van der Waals surface area contributed by atoms with Gasteiger partial charge in [0.1, 0.15) is 5.60 Å². The topological polar surface area (TPSA) is 92.6 Å². The lowest BCUT2D eigenvalue weighted by atomic mass is 10.2. The first-order chi connectivity index (χ1) is 8.60. The first kappa shape index (κ1) is 14.9. The Bertz CT molecular complexity index is 508. The first-order valence-corrected chi connectivity index (χ1v) is 5.66. The summed E-state index contributed by atoms with van der Waals surface area (Å²) in [5.74, 6) is -1.18. The normalized spacial score (nSPS) is 11.0. The van der Waals surface area contributed by atoms with Crippen molar-refractivity contribution in [2.24, 2.45) is 0 Å². The fourth-order valence-corrected chi connectivity index (χ4v) is 1.22. The summed E-state index contributed by atoms with van der Waals surface area (Å²) in [6.07, 6.45) is -0.644. The molecule has 1 aromatic heterocycles. The van der Waals surface area contributed by atoms with E-state index in [2.05, 4.69) is 9.97 Å². The highest BCUT2D eigenvalue weighted by Crippen LogP contribution is 2.14. The van der Waals surface area contributed by atoms with Gasteiger partial charge in [-0.3, -0.25) is 0 Å². The van der Waals surface area contributed by atoms with Gasteiger partial charge in [0, 0.05) is 12.7 Å². The molecule has 0 spiro atoms. The number of ether oxygens (including phenoxy) is 1. The van der Waals surface area contributed by atoms with E-state index in [0.29, 0.717) is 5.69 Å². The van der Waals surface area contributed by atoms with Crippen LogP contribution in [-0.4, -0.2) is 39.8 Å². The molecule has 7 nitrogen and oxygen atoms in total. The zero-order valence-electron chi connectivity index (χ0n) is 11.6. The Balaban J connectivity index is 3.02. The minimum absolute atomic E-state index is 0.00773. The second kappa shape index (κ2) is 5.21. The monoisotopic (exact) mass is 267 g/mol. The van der Waals surface area contributed by atoms with Crippen LogP contribution in [0.2, 0.25) is 0 Å². The van der Waals surface area contributed by atoms with Crippen LogP contribution >= 0.6 is 0 Å². The van der Waals surface area contributed by atoms with Crippen molar-refractivity contribution < 1.29 is 19.4 Å². The van der Waals surface area contributed by atoms with Gasteiger partial charge in [0.25, 0.3) is 0 Å². The predicted octanol–water partition coefficient (Wildman–Crippen LogP) is 1.85. The van der Waals surface area contributed by atoms with Gasteiger partial charge in [-0.1, -0.05) is 0 Å². The molecule has 1 heterocycles. The van der Waals surface area contributed by atoms with Crippen molar-refractivity contribution in [3.05, 3.63) is 17.5 Å². The molecular weight excluding hydrogens is 250 g/mol. The van der Waals surface area contributed by atoms with E-state index in [4.69, 9.17) is 9.84 Å². The van der Waals surface area contributed by atoms with Crippen molar-refractivity contribution in [2.75, 3.05) is 11.9 Å². The molecule has 0 saturated carbocycles. The van der Waals surface area contributed by atoms with Crippen LogP contribution in [0.4, 0.5) is 10.7 Å². The third kappa shape index (κ3) is 4.20. The van der Waals surface area contributed by atoms with Gasteiger partial charge in [0.15, 0.2) is 5.69 Å². The molecule has 0 saturated heterocycles. The van der Waals surface area contributed by atoms with Crippen molar-refractivity contribution in [2.45, 2.75) is 33.3 Å². The van der Waals surface area contributed by atoms with Crippen LogP contribution in [0.1, 0.15) is 37.0 Å². The summed E-state index contributed by atoms with van der Waals surface area (Å²) in [5.41, 5.74) is -0.360. The number of anilines is 1. The van der Waals surface area contributed by atoms with Gasteiger partial charge >= 0.3 is 12.1 Å². The Morgan fingerprint density at radius 1 is 1.32 bits per heavy atom. The summed E-state index contributed by atoms with van der Waals surface area (Å²) in [7, 11) is 1.43. The fourth-order valence-electron chi connectivity index (χ4n) is 1.22. The summed E-state index contributed by atoms with van der Waals surface area (Å²) in [6, 6.07) is 1.33. The molecule has 0 radical (unpaired) electrons. The number of rotatable bonds is 2. The lowest BCUT2D eigenvalue weighted by Crippen LogP contribution is -2.35. The number of carboxylic acid groups (broad SMARTS) is 1. The number of aromatic carboxylic acids is 1. The van der Waals surface area contributed by atoms with Crippen LogP contribution in [0.5, 0.6) is 0 Å². The third-order valence-electron chi connectivity index (χ3n) is 2.03. The molecule has 0 atom stereocenters. The van der Waals surface area contributed by atoms with Gasteiger partial charge < -0.3 is 9.84 Å². The molecule has 0 bridgehead atoms. The van der Waals surface area contributed by atoms with Crippen molar-refractivity contribution in [1.29, 1.82) is 0 Å². The van der Waals surface area contributed by atoms with Crippen LogP contribution in [0.25, 0.3) is 0 Å². The van der Waals surface area contributed by atoms with E-state index in [1.807, 2.05) is 0 Å². The summed E-state index contributed by atoms with van der Waals surface area (Å²) in [5, 5.41) is 8.92. The van der Waals surface area contributed by atoms with Crippen LogP contribution in [0.15, 0.2) is 6.07 Å². The van der Waals surface area contributed by atoms with Crippen molar-refractivity contribution in [1.82, 2.24) is 9.97 Å². The maximum atomic E-state index is 11.8. The summed E-state index contributed by atoms with van der Waals surface area (Å²) < 4.78 is 5.15. The van der Waals surface area contributed by atoms with E-state index in [1.165, 1.54) is 13.1 Å². The minimum atomic E-state index is -1.18. The van der Waals surface area contributed by atoms with Gasteiger partial charge in [0.2, 0.25) is 5.95 Å². The van der Waals surface area contributed by atoms with Crippen LogP contribution in [0, 0.1) is 6.92 Å². The average molecular weight is 267 g/mol. The highest BCUT2D eigenvalue weighted by molar-refractivity contribution is 5.88. The molecular formula is C12H17N3O4. The van der Waals surface area contributed by atoms with Crippen molar-refractivity contribution in [3.8, 4) is 0 Å². The molecule has 104 valence electrons. The maximum Gasteiger partial charge on any atom is 0.416 e. The molecule has 0 unspecified atom stereocenters. The zero-order chi connectivity index (χ0) is 14.8. The predicted molar refractivity (Wildman–Crippen MR) is 68.4 cm³/mol. The molecule has 19 heavy (non-hydrogen) atoms. The van der Waals surface area contributed by atoms with E-state index in [1.54, 1.807) is 27.7 Å². The van der Waals surface area contributed by atoms with Gasteiger partial charge in [0.05, 0.1) is 0 Å². The summed E-state index contributed by atoms with van der Waals surface area (Å²) >= 11 is 0. The van der Waals surface area contributed by atoms with E-state index in [-0.39, 0.29) is 11.6 Å². The minimum Gasteiger partial charge on any atom is -0.477 e. The second-order valence-electron chi connectivity index (χ2n) is 5.04. The molecule has 0 aliphatic heterocycles. The third-order valence-corrected chi connectivity index (χ3v) is 2.03. The summed E-state index contributed by atoms with van der Waals surface area (Å²) in [6.45, 7) is 6.83. The van der Waals surface area contributed by atoms with Crippen LogP contribution in [-0.2, 0) is 4.74 Å². The lowest BCUT2D eigenvalue weighted by Gasteiger charge is -2.23. The Morgan fingerprint density at radius 2 is 1.89 bits per heavy atom. The van der Waals surface area contributed by atoms with E-state index < -0.39 is 17.7 Å². The number of carbonyl (C=O) groups is 2. The molecule has 1 aromatic rings. The van der Waals surface area contributed by atoms with Gasteiger partial charge in [-0.2, -0.15) is 0 Å². The number of carboxylic acids is 1. The van der Waals surface area contributed by atoms with Gasteiger partial charge in [-0.05, 0) is 33.8 Å². The number of aromatic nitrogens is 2. The van der Waals surface area contributed by atoms with E-state index in [0.717, 1.165) is 4.90 Å². The highest BCUT2D eigenvalue weighted by atomic mass is 16.6. The molecule has 1 amide bonds. The number of nitrogens with zero attached hydrogens (tertiary/aromatic N) is 3. The molecule has 1 rings (SSSR count). The average Bonchev–Trinajstić information content (AvgIpc) is 2.24. The zero-order valence-corrected chi connectivity index (χ0v) is 11.6. The van der Waals surface area contributed by atoms with Crippen molar-refractivity contribution in [3.63, 3.8) is 0 Å². The van der Waals surface area contributed by atoms with Crippen LogP contribution in [0.3, 0.4) is 0 Å². The molecule has 7 heteroatoms. The number of amides is 1. The number of hydrogen-bond acceptors (Lipinski definition) is 5. The number of aryl methyl sites for hydroxylation is 1. The van der Waals surface area contributed by atoms with Gasteiger partial charge in [-0.25, -0.2) is 24.5 Å². The Hall–Kier alpha value is -2.18.